The van der Waals surface area contributed by atoms with Crippen molar-refractivity contribution in [3.05, 3.63) is 36.1 Å². The molecule has 0 aromatic carbocycles. The van der Waals surface area contributed by atoms with Gasteiger partial charge in [0.1, 0.15) is 4.88 Å². The molecule has 2 aromatic rings. The molecule has 0 radical (unpaired) electrons. The first-order valence-electron chi connectivity index (χ1n) is 5.28. The van der Waals surface area contributed by atoms with E-state index < -0.39 is 5.97 Å². The Morgan fingerprint density at radius 3 is 2.53 bits per heavy atom. The van der Waals surface area contributed by atoms with Gasteiger partial charge in [-0.15, -0.1) is 22.7 Å². The molecule has 0 saturated carbocycles. The first-order chi connectivity index (χ1) is 8.90. The summed E-state index contributed by atoms with van der Waals surface area (Å²) in [6, 6.07) is 1.77. The van der Waals surface area contributed by atoms with E-state index in [-0.39, 0.29) is 10.8 Å². The van der Waals surface area contributed by atoms with E-state index in [0.29, 0.717) is 10.6 Å². The van der Waals surface area contributed by atoms with Crippen molar-refractivity contribution in [3.8, 4) is 0 Å². The number of aryl methyl sites for hydroxylation is 2. The van der Waals surface area contributed by atoms with Crippen LogP contribution in [-0.4, -0.2) is 17.0 Å². The molecule has 0 saturated heterocycles. The second kappa shape index (κ2) is 5.44. The summed E-state index contributed by atoms with van der Waals surface area (Å²) in [4.78, 5) is 23.9. The average molecular weight is 360 g/mol. The van der Waals surface area contributed by atoms with Crippen LogP contribution in [0.5, 0.6) is 0 Å². The lowest BCUT2D eigenvalue weighted by molar-refractivity contribution is 0.0703. The maximum atomic E-state index is 12.1. The number of halogens is 1. The van der Waals surface area contributed by atoms with Crippen LogP contribution in [-0.2, 0) is 0 Å². The molecular weight excluding hydrogens is 350 g/mol. The molecule has 7 heteroatoms. The topological polar surface area (TPSA) is 66.4 Å². The number of amides is 1. The zero-order chi connectivity index (χ0) is 14.2. The molecule has 100 valence electrons. The zero-order valence-electron chi connectivity index (χ0n) is 10.1. The summed E-state index contributed by atoms with van der Waals surface area (Å²) in [5.74, 6) is -1.32. The lowest BCUT2D eigenvalue weighted by Gasteiger charge is -2.04. The molecule has 0 aliphatic heterocycles. The van der Waals surface area contributed by atoms with E-state index >= 15 is 0 Å². The summed E-state index contributed by atoms with van der Waals surface area (Å²) in [6.07, 6.45) is 0. The van der Waals surface area contributed by atoms with Crippen molar-refractivity contribution in [2.75, 3.05) is 5.32 Å². The Hall–Kier alpha value is -1.18. The van der Waals surface area contributed by atoms with Crippen molar-refractivity contribution in [2.24, 2.45) is 0 Å². The molecule has 0 spiro atoms. The highest BCUT2D eigenvalue weighted by molar-refractivity contribution is 9.11. The third-order valence-corrected chi connectivity index (χ3v) is 5.71. The van der Waals surface area contributed by atoms with Crippen LogP contribution < -0.4 is 5.32 Å². The smallest absolute Gasteiger partial charge is 0.348 e. The van der Waals surface area contributed by atoms with Crippen LogP contribution in [0, 0.1) is 13.8 Å². The molecule has 2 aromatic heterocycles. The molecule has 0 bridgehead atoms. The van der Waals surface area contributed by atoms with Gasteiger partial charge in [-0.25, -0.2) is 4.79 Å². The van der Waals surface area contributed by atoms with Crippen molar-refractivity contribution in [2.45, 2.75) is 13.8 Å². The molecule has 0 unspecified atom stereocenters. The van der Waals surface area contributed by atoms with Gasteiger partial charge in [0.05, 0.1) is 14.4 Å². The molecule has 4 nitrogen and oxygen atoms in total. The van der Waals surface area contributed by atoms with Gasteiger partial charge in [-0.05, 0) is 52.4 Å². The van der Waals surface area contributed by atoms with E-state index in [1.807, 2.05) is 6.92 Å². The van der Waals surface area contributed by atoms with Gasteiger partial charge in [-0.1, -0.05) is 0 Å². The fourth-order valence-corrected chi connectivity index (χ4v) is 3.78. The van der Waals surface area contributed by atoms with Crippen LogP contribution in [0.1, 0.15) is 30.5 Å². The third-order valence-electron chi connectivity index (χ3n) is 2.49. The van der Waals surface area contributed by atoms with Crippen molar-refractivity contribution in [1.29, 1.82) is 0 Å². The van der Waals surface area contributed by atoms with Crippen LogP contribution in [0.2, 0.25) is 0 Å². The van der Waals surface area contributed by atoms with E-state index in [4.69, 9.17) is 5.11 Å². The van der Waals surface area contributed by atoms with Crippen LogP contribution >= 0.6 is 38.6 Å². The molecule has 0 fully saturated rings. The second-order valence-corrected chi connectivity index (χ2v) is 7.20. The van der Waals surface area contributed by atoms with Crippen LogP contribution in [0.4, 0.5) is 5.69 Å². The van der Waals surface area contributed by atoms with E-state index in [1.54, 1.807) is 18.4 Å². The number of nitrogens with one attached hydrogen (secondary N) is 1. The van der Waals surface area contributed by atoms with Gasteiger partial charge in [0.15, 0.2) is 0 Å². The minimum atomic E-state index is -1.03. The minimum Gasteiger partial charge on any atom is -0.477 e. The number of rotatable bonds is 3. The van der Waals surface area contributed by atoms with Gasteiger partial charge in [-0.2, -0.15) is 0 Å². The van der Waals surface area contributed by atoms with Crippen LogP contribution in [0.25, 0.3) is 0 Å². The van der Waals surface area contributed by atoms with E-state index in [1.165, 1.54) is 11.3 Å². The predicted molar refractivity (Wildman–Crippen MR) is 80.7 cm³/mol. The number of carbonyl (C=O) groups excluding carboxylic acids is 1. The largest absolute Gasteiger partial charge is 0.477 e. The van der Waals surface area contributed by atoms with Crippen LogP contribution in [0.15, 0.2) is 15.2 Å². The van der Waals surface area contributed by atoms with E-state index in [2.05, 4.69) is 21.2 Å². The second-order valence-electron chi connectivity index (χ2n) is 3.95. The number of anilines is 1. The quantitative estimate of drug-likeness (QED) is 0.865. The molecule has 2 N–H and O–H groups in total. The summed E-state index contributed by atoms with van der Waals surface area (Å²) >= 11 is 5.80. The van der Waals surface area contributed by atoms with Gasteiger partial charge >= 0.3 is 5.97 Å². The number of thiophene rings is 2. The first kappa shape index (κ1) is 14.2. The number of carbonyl (C=O) groups is 2. The summed E-state index contributed by atoms with van der Waals surface area (Å²) in [5, 5.41) is 13.5. The minimum absolute atomic E-state index is 0.151. The number of carboxylic acids is 1. The molecule has 0 atom stereocenters. The zero-order valence-corrected chi connectivity index (χ0v) is 13.3. The van der Waals surface area contributed by atoms with Crippen molar-refractivity contribution < 1.29 is 14.7 Å². The first-order valence-corrected chi connectivity index (χ1v) is 7.77. The Balaban J connectivity index is 2.29. The van der Waals surface area contributed by atoms with E-state index in [0.717, 1.165) is 26.3 Å². The number of hydrogen-bond acceptors (Lipinski definition) is 4. The third kappa shape index (κ3) is 2.88. The average Bonchev–Trinajstić information content (AvgIpc) is 2.85. The van der Waals surface area contributed by atoms with Crippen LogP contribution in [0.3, 0.4) is 0 Å². The fourth-order valence-electron chi connectivity index (χ4n) is 1.50. The summed E-state index contributed by atoms with van der Waals surface area (Å²) in [6.45, 7) is 3.67. The predicted octanol–water partition coefficient (Wildman–Crippen LogP) is 4.14. The maximum Gasteiger partial charge on any atom is 0.348 e. The Kier molecular flexibility index (Phi) is 4.07. The summed E-state index contributed by atoms with van der Waals surface area (Å²) in [7, 11) is 0. The molecular formula is C12H10BrNO3S2. The normalized spacial score (nSPS) is 10.5. The molecule has 0 aliphatic carbocycles. The summed E-state index contributed by atoms with van der Waals surface area (Å²) in [5.41, 5.74) is 2.11. The molecule has 0 aliphatic rings. The Morgan fingerprint density at radius 1 is 1.32 bits per heavy atom. The Morgan fingerprint density at radius 2 is 2.00 bits per heavy atom. The molecule has 2 rings (SSSR count). The van der Waals surface area contributed by atoms with Gasteiger partial charge in [0.25, 0.3) is 5.91 Å². The monoisotopic (exact) mass is 359 g/mol. The van der Waals surface area contributed by atoms with Gasteiger partial charge < -0.3 is 10.4 Å². The highest BCUT2D eigenvalue weighted by atomic mass is 79.9. The lowest BCUT2D eigenvalue weighted by Crippen LogP contribution is -2.12. The highest BCUT2D eigenvalue weighted by Crippen LogP contribution is 2.31. The van der Waals surface area contributed by atoms with Gasteiger partial charge in [0.2, 0.25) is 0 Å². The van der Waals surface area contributed by atoms with Crippen molar-refractivity contribution >= 4 is 56.2 Å². The SMILES string of the molecule is Cc1cc(C(=O)Nc2c(C)csc2C(=O)O)sc1Br. The molecule has 19 heavy (non-hydrogen) atoms. The number of hydrogen-bond donors (Lipinski definition) is 2. The molecule has 1 amide bonds. The van der Waals surface area contributed by atoms with Crippen molar-refractivity contribution in [3.63, 3.8) is 0 Å². The number of carboxylic acid groups (broad SMARTS) is 1. The Bertz CT molecular complexity index is 640. The summed E-state index contributed by atoms with van der Waals surface area (Å²) < 4.78 is 0.901. The Labute approximate surface area is 126 Å². The lowest BCUT2D eigenvalue weighted by atomic mass is 10.2. The van der Waals surface area contributed by atoms with E-state index in [9.17, 15) is 9.59 Å². The maximum absolute atomic E-state index is 12.1. The highest BCUT2D eigenvalue weighted by Gasteiger charge is 2.19. The fraction of sp³-hybridized carbons (Fsp3) is 0.167. The molecule has 2 heterocycles. The van der Waals surface area contributed by atoms with Crippen molar-refractivity contribution in [1.82, 2.24) is 0 Å². The number of aromatic carboxylic acids is 1. The van der Waals surface area contributed by atoms with Gasteiger partial charge in [-0.3, -0.25) is 4.79 Å². The standard InChI is InChI=1S/C12H10BrNO3S2/c1-5-3-7(19-10(5)13)11(15)14-8-6(2)4-18-9(8)12(16)17/h3-4H,1-2H3,(H,14,15)(H,16,17). The van der Waals surface area contributed by atoms with Gasteiger partial charge in [0, 0.05) is 0 Å².